The van der Waals surface area contributed by atoms with Crippen molar-refractivity contribution in [2.75, 3.05) is 11.9 Å². The number of hydrogen-bond donors (Lipinski definition) is 1. The van der Waals surface area contributed by atoms with Gasteiger partial charge in [0.15, 0.2) is 6.61 Å². The minimum atomic E-state index is -0.888. The molecule has 7 heteroatoms. The van der Waals surface area contributed by atoms with E-state index in [0.717, 1.165) is 37.8 Å². The number of halogens is 2. The highest BCUT2D eigenvalue weighted by atomic mass is 32.1. The molecule has 1 aromatic carbocycles. The maximum absolute atomic E-state index is 13.5. The van der Waals surface area contributed by atoms with Crippen molar-refractivity contribution in [1.29, 1.82) is 0 Å². The predicted molar refractivity (Wildman–Crippen MR) is 95.4 cm³/mol. The molecule has 0 fully saturated rings. The number of nitrogens with one attached hydrogen (secondary N) is 1. The quantitative estimate of drug-likeness (QED) is 0.787. The summed E-state index contributed by atoms with van der Waals surface area (Å²) in [6.45, 7) is 1.56. The van der Waals surface area contributed by atoms with E-state index in [9.17, 15) is 18.4 Å². The van der Waals surface area contributed by atoms with E-state index >= 15 is 0 Å². The van der Waals surface area contributed by atoms with Crippen LogP contribution in [-0.4, -0.2) is 18.5 Å². The predicted octanol–water partition coefficient (Wildman–Crippen LogP) is 4.34. The van der Waals surface area contributed by atoms with E-state index in [1.165, 1.54) is 27.8 Å². The number of para-hydroxylation sites is 1. The first kappa shape index (κ1) is 18.5. The van der Waals surface area contributed by atoms with Crippen LogP contribution in [0.15, 0.2) is 24.3 Å². The van der Waals surface area contributed by atoms with Gasteiger partial charge >= 0.3 is 5.97 Å². The number of carbonyl (C=O) groups excluding carboxylic acids is 2. The Kier molecular flexibility index (Phi) is 5.66. The van der Waals surface area contributed by atoms with Gasteiger partial charge in [-0.15, -0.1) is 11.3 Å². The smallest absolute Gasteiger partial charge is 0.348 e. The van der Waals surface area contributed by atoms with Crippen molar-refractivity contribution in [3.05, 3.63) is 51.2 Å². The molecule has 0 bridgehead atoms. The van der Waals surface area contributed by atoms with Gasteiger partial charge in [0.1, 0.15) is 22.2 Å². The maximum atomic E-state index is 13.5. The summed E-state index contributed by atoms with van der Waals surface area (Å²) in [5, 5.41) is 2.08. The number of fused-ring (bicyclic) bond motifs is 1. The van der Waals surface area contributed by atoms with Crippen LogP contribution in [0.25, 0.3) is 0 Å². The van der Waals surface area contributed by atoms with Gasteiger partial charge in [-0.1, -0.05) is 19.4 Å². The molecule has 2 aromatic rings. The average Bonchev–Trinajstić information content (AvgIpc) is 3.06. The molecule has 1 heterocycles. The molecule has 0 spiro atoms. The molecule has 26 heavy (non-hydrogen) atoms. The highest BCUT2D eigenvalue weighted by Crippen LogP contribution is 2.33. The summed E-state index contributed by atoms with van der Waals surface area (Å²) in [6.07, 6.45) is 4.15. The first-order valence-electron chi connectivity index (χ1n) is 8.50. The largest absolute Gasteiger partial charge is 0.451 e. The third-order valence-corrected chi connectivity index (χ3v) is 5.74. The van der Waals surface area contributed by atoms with E-state index < -0.39 is 35.8 Å². The minimum absolute atomic E-state index is 0.455. The van der Waals surface area contributed by atoms with Gasteiger partial charge in [-0.05, 0) is 48.9 Å². The highest BCUT2D eigenvalue weighted by Gasteiger charge is 2.23. The number of rotatable bonds is 5. The van der Waals surface area contributed by atoms with E-state index in [4.69, 9.17) is 4.74 Å². The van der Waals surface area contributed by atoms with Gasteiger partial charge in [-0.2, -0.15) is 0 Å². The summed E-state index contributed by atoms with van der Waals surface area (Å²) in [5.74, 6) is -2.53. The molecule has 0 saturated heterocycles. The summed E-state index contributed by atoms with van der Waals surface area (Å²) in [5.41, 5.74) is 0.628. The number of benzene rings is 1. The molecule has 0 saturated carbocycles. The molecule has 1 aliphatic rings. The van der Waals surface area contributed by atoms with Crippen molar-refractivity contribution in [2.45, 2.75) is 32.6 Å². The monoisotopic (exact) mass is 379 g/mol. The number of esters is 1. The van der Waals surface area contributed by atoms with E-state index in [0.29, 0.717) is 10.8 Å². The first-order valence-corrected chi connectivity index (χ1v) is 9.32. The van der Waals surface area contributed by atoms with Crippen molar-refractivity contribution < 1.29 is 23.1 Å². The Morgan fingerprint density at radius 3 is 2.73 bits per heavy atom. The molecule has 3 rings (SSSR count). The Balaban J connectivity index is 1.57. The molecule has 1 unspecified atom stereocenters. The van der Waals surface area contributed by atoms with Crippen LogP contribution >= 0.6 is 11.3 Å². The summed E-state index contributed by atoms with van der Waals surface area (Å²) >= 11 is 1.39. The van der Waals surface area contributed by atoms with Crippen molar-refractivity contribution in [2.24, 2.45) is 5.92 Å². The topological polar surface area (TPSA) is 55.4 Å². The molecule has 138 valence electrons. The highest BCUT2D eigenvalue weighted by molar-refractivity contribution is 7.14. The molecule has 0 radical (unpaired) electrons. The lowest BCUT2D eigenvalue weighted by atomic mass is 9.87. The van der Waals surface area contributed by atoms with Crippen LogP contribution in [-0.2, 0) is 22.4 Å². The molecule has 1 N–H and O–H groups in total. The second-order valence-corrected chi connectivity index (χ2v) is 7.43. The Morgan fingerprint density at radius 2 is 2.04 bits per heavy atom. The lowest BCUT2D eigenvalue weighted by molar-refractivity contribution is -0.119. The Hall–Kier alpha value is -2.28. The van der Waals surface area contributed by atoms with Gasteiger partial charge in [0.05, 0.1) is 0 Å². The number of hydrogen-bond acceptors (Lipinski definition) is 4. The Bertz CT molecular complexity index is 814. The van der Waals surface area contributed by atoms with Gasteiger partial charge in [0.25, 0.3) is 5.91 Å². The van der Waals surface area contributed by atoms with Crippen molar-refractivity contribution in [1.82, 2.24) is 0 Å². The lowest BCUT2D eigenvalue weighted by Crippen LogP contribution is -2.21. The third kappa shape index (κ3) is 4.09. The van der Waals surface area contributed by atoms with E-state index in [1.807, 2.05) is 6.07 Å². The molecular formula is C19H19F2NO3S. The van der Waals surface area contributed by atoms with Crippen LogP contribution < -0.4 is 5.32 Å². The van der Waals surface area contributed by atoms with E-state index in [2.05, 4.69) is 12.2 Å². The maximum Gasteiger partial charge on any atom is 0.348 e. The standard InChI is InChI=1S/C19H19F2NO3S/c1-2-11-6-7-15-12(8-11)9-16(26-15)19(24)25-10-17(23)22-18-13(20)4-3-5-14(18)21/h3-5,9,11H,2,6-8,10H2,1H3,(H,22,23). The summed E-state index contributed by atoms with van der Waals surface area (Å²) in [4.78, 5) is 25.6. The minimum Gasteiger partial charge on any atom is -0.451 e. The van der Waals surface area contributed by atoms with Crippen LogP contribution in [0.2, 0.25) is 0 Å². The molecule has 1 aromatic heterocycles. The van der Waals surface area contributed by atoms with E-state index in [-0.39, 0.29) is 0 Å². The number of thiophene rings is 1. The normalized spacial score (nSPS) is 16.0. The Labute approximate surface area is 154 Å². The second kappa shape index (κ2) is 7.95. The van der Waals surface area contributed by atoms with Crippen molar-refractivity contribution >= 4 is 28.9 Å². The van der Waals surface area contributed by atoms with Gasteiger partial charge in [-0.3, -0.25) is 4.79 Å². The van der Waals surface area contributed by atoms with Gasteiger partial charge in [0, 0.05) is 4.88 Å². The molecule has 1 atom stereocenters. The van der Waals surface area contributed by atoms with Crippen molar-refractivity contribution in [3.8, 4) is 0 Å². The fourth-order valence-electron chi connectivity index (χ4n) is 3.04. The fourth-order valence-corrected chi connectivity index (χ4v) is 4.15. The zero-order valence-corrected chi connectivity index (χ0v) is 15.1. The van der Waals surface area contributed by atoms with Crippen LogP contribution in [0.1, 0.15) is 39.9 Å². The van der Waals surface area contributed by atoms with Crippen LogP contribution in [0.3, 0.4) is 0 Å². The molecule has 1 aliphatic carbocycles. The third-order valence-electron chi connectivity index (χ3n) is 4.52. The zero-order chi connectivity index (χ0) is 18.7. The Morgan fingerprint density at radius 1 is 1.31 bits per heavy atom. The number of carbonyl (C=O) groups is 2. The average molecular weight is 379 g/mol. The lowest BCUT2D eigenvalue weighted by Gasteiger charge is -2.19. The van der Waals surface area contributed by atoms with Crippen LogP contribution in [0.4, 0.5) is 14.5 Å². The second-order valence-electron chi connectivity index (χ2n) is 6.30. The molecule has 4 nitrogen and oxygen atoms in total. The van der Waals surface area contributed by atoms with Gasteiger partial charge < -0.3 is 10.1 Å². The molecule has 0 aliphatic heterocycles. The first-order chi connectivity index (χ1) is 12.5. The summed E-state index contributed by atoms with van der Waals surface area (Å²) in [7, 11) is 0. The molecule has 1 amide bonds. The fraction of sp³-hybridized carbons (Fsp3) is 0.368. The molecular weight excluding hydrogens is 360 g/mol. The van der Waals surface area contributed by atoms with Gasteiger partial charge in [0.2, 0.25) is 0 Å². The van der Waals surface area contributed by atoms with Crippen LogP contribution in [0.5, 0.6) is 0 Å². The number of ether oxygens (including phenoxy) is 1. The summed E-state index contributed by atoms with van der Waals surface area (Å²) < 4.78 is 32.0. The van der Waals surface area contributed by atoms with E-state index in [1.54, 1.807) is 0 Å². The van der Waals surface area contributed by atoms with Crippen LogP contribution in [0, 0.1) is 17.6 Å². The summed E-state index contributed by atoms with van der Waals surface area (Å²) in [6, 6.07) is 5.09. The zero-order valence-electron chi connectivity index (χ0n) is 14.3. The number of anilines is 1. The SMILES string of the molecule is CCC1CCc2sc(C(=O)OCC(=O)Nc3c(F)cccc3F)cc2C1. The van der Waals surface area contributed by atoms with Crippen molar-refractivity contribution in [3.63, 3.8) is 0 Å². The number of amides is 1. The van der Waals surface area contributed by atoms with Gasteiger partial charge in [-0.25, -0.2) is 13.6 Å². The number of aryl methyl sites for hydroxylation is 1.